The third-order valence-corrected chi connectivity index (χ3v) is 4.77. The molecule has 0 saturated carbocycles. The molecule has 0 spiro atoms. The van der Waals surface area contributed by atoms with Crippen LogP contribution in [0.1, 0.15) is 41.9 Å². The van der Waals surface area contributed by atoms with Gasteiger partial charge in [0.05, 0.1) is 29.8 Å². The molecule has 3 rings (SSSR count). The van der Waals surface area contributed by atoms with Crippen LogP contribution in [0.2, 0.25) is 0 Å². The Labute approximate surface area is 175 Å². The zero-order valence-electron chi connectivity index (χ0n) is 15.5. The summed E-state index contributed by atoms with van der Waals surface area (Å²) in [5, 5.41) is 9.76. The first-order valence-electron chi connectivity index (χ1n) is 8.39. The lowest BCUT2D eigenvalue weighted by atomic mass is 10.2. The van der Waals surface area contributed by atoms with Crippen LogP contribution in [0.4, 0.5) is 0 Å². The highest BCUT2D eigenvalue weighted by Crippen LogP contribution is 2.17. The van der Waals surface area contributed by atoms with E-state index in [-0.39, 0.29) is 24.0 Å². The van der Waals surface area contributed by atoms with Crippen molar-refractivity contribution in [3.63, 3.8) is 0 Å². The number of benzene rings is 1. The van der Waals surface area contributed by atoms with Gasteiger partial charge in [-0.2, -0.15) is 0 Å². The van der Waals surface area contributed by atoms with Crippen molar-refractivity contribution in [3.8, 4) is 0 Å². The maximum absolute atomic E-state index is 4.63. The van der Waals surface area contributed by atoms with Crippen LogP contribution in [0.5, 0.6) is 0 Å². The van der Waals surface area contributed by atoms with Gasteiger partial charge in [-0.1, -0.05) is 19.9 Å². The van der Waals surface area contributed by atoms with Crippen LogP contribution in [-0.4, -0.2) is 28.0 Å². The Bertz CT molecular complexity index is 883. The van der Waals surface area contributed by atoms with Gasteiger partial charge in [-0.3, -0.25) is 4.99 Å². The predicted molar refractivity (Wildman–Crippen MR) is 119 cm³/mol. The first-order chi connectivity index (χ1) is 12.0. The van der Waals surface area contributed by atoms with Crippen LogP contribution in [0.15, 0.2) is 28.6 Å². The summed E-state index contributed by atoms with van der Waals surface area (Å²) in [6.45, 7) is 7.63. The van der Waals surface area contributed by atoms with E-state index in [1.165, 1.54) is 5.56 Å². The van der Waals surface area contributed by atoms with Crippen molar-refractivity contribution in [2.24, 2.45) is 4.99 Å². The number of nitrogens with zero attached hydrogens (tertiary/aromatic N) is 3. The predicted octanol–water partition coefficient (Wildman–Crippen LogP) is 3.93. The van der Waals surface area contributed by atoms with Crippen molar-refractivity contribution in [2.45, 2.75) is 39.8 Å². The molecule has 2 aromatic heterocycles. The van der Waals surface area contributed by atoms with Crippen molar-refractivity contribution in [2.75, 3.05) is 7.05 Å². The minimum absolute atomic E-state index is 0. The Morgan fingerprint density at radius 2 is 2.00 bits per heavy atom. The topological polar surface area (TPSA) is 78.0 Å². The van der Waals surface area contributed by atoms with Crippen LogP contribution in [0.25, 0.3) is 11.0 Å². The number of guanidine groups is 1. The number of nitrogens with one attached hydrogen (secondary N) is 3. The van der Waals surface area contributed by atoms with Crippen molar-refractivity contribution in [3.05, 3.63) is 45.7 Å². The number of aryl methyl sites for hydroxylation is 1. The van der Waals surface area contributed by atoms with E-state index < -0.39 is 0 Å². The number of hydrogen-bond acceptors (Lipinski definition) is 4. The second-order valence-corrected chi connectivity index (χ2v) is 7.25. The third kappa shape index (κ3) is 5.16. The van der Waals surface area contributed by atoms with Gasteiger partial charge in [0.2, 0.25) is 0 Å². The maximum atomic E-state index is 4.63. The van der Waals surface area contributed by atoms with Gasteiger partial charge >= 0.3 is 0 Å². The average Bonchev–Trinajstić information content (AvgIpc) is 3.21. The van der Waals surface area contributed by atoms with Gasteiger partial charge in [-0.25, -0.2) is 9.97 Å². The van der Waals surface area contributed by atoms with Gasteiger partial charge in [0.1, 0.15) is 10.8 Å². The van der Waals surface area contributed by atoms with Gasteiger partial charge in [0.25, 0.3) is 0 Å². The molecule has 3 aromatic rings. The Morgan fingerprint density at radius 1 is 1.23 bits per heavy atom. The fourth-order valence-electron chi connectivity index (χ4n) is 2.48. The quantitative estimate of drug-likeness (QED) is 0.291. The molecule has 26 heavy (non-hydrogen) atoms. The molecule has 0 bridgehead atoms. The summed E-state index contributed by atoms with van der Waals surface area (Å²) in [4.78, 5) is 16.8. The minimum atomic E-state index is 0. The molecule has 0 aliphatic heterocycles. The van der Waals surface area contributed by atoms with Gasteiger partial charge in [-0.15, -0.1) is 35.3 Å². The van der Waals surface area contributed by atoms with E-state index in [1.807, 2.05) is 6.07 Å². The second-order valence-electron chi connectivity index (χ2n) is 6.30. The number of halogens is 1. The lowest BCUT2D eigenvalue weighted by Crippen LogP contribution is -2.36. The smallest absolute Gasteiger partial charge is 0.191 e. The number of aromatic nitrogens is 3. The van der Waals surface area contributed by atoms with Gasteiger partial charge < -0.3 is 15.6 Å². The molecule has 0 radical (unpaired) electrons. The summed E-state index contributed by atoms with van der Waals surface area (Å²) in [6.07, 6.45) is 0. The molecule has 0 aliphatic rings. The highest BCUT2D eigenvalue weighted by Gasteiger charge is 2.07. The first-order valence-corrected chi connectivity index (χ1v) is 9.27. The number of hydrogen-bond donors (Lipinski definition) is 3. The number of H-pyrrole nitrogens is 1. The molecule has 0 atom stereocenters. The molecule has 0 aliphatic carbocycles. The molecular formula is C18H25IN6S. The number of aliphatic imine (C=N–C) groups is 1. The Hall–Kier alpha value is -1.68. The number of fused-ring (bicyclic) bond motifs is 1. The molecule has 3 N–H and O–H groups in total. The summed E-state index contributed by atoms with van der Waals surface area (Å²) < 4.78 is 0. The van der Waals surface area contributed by atoms with Crippen molar-refractivity contribution < 1.29 is 0 Å². The lowest BCUT2D eigenvalue weighted by Gasteiger charge is -2.09. The Morgan fingerprint density at radius 3 is 2.69 bits per heavy atom. The van der Waals surface area contributed by atoms with E-state index in [0.717, 1.165) is 33.5 Å². The van der Waals surface area contributed by atoms with Crippen molar-refractivity contribution in [1.82, 2.24) is 25.6 Å². The Balaban J connectivity index is 0.00000243. The van der Waals surface area contributed by atoms with Crippen LogP contribution >= 0.6 is 35.3 Å². The normalized spacial score (nSPS) is 11.7. The zero-order chi connectivity index (χ0) is 17.8. The summed E-state index contributed by atoms with van der Waals surface area (Å²) in [5.74, 6) is 2.08. The SMILES string of the molecule is CN=C(NCc1nc2ccc(C)cc2[nH]1)NCc1nc(C(C)C)cs1.I. The maximum Gasteiger partial charge on any atom is 0.191 e. The molecule has 8 heteroatoms. The summed E-state index contributed by atoms with van der Waals surface area (Å²) in [5.41, 5.74) is 4.40. The third-order valence-electron chi connectivity index (χ3n) is 3.90. The van der Waals surface area contributed by atoms with Crippen molar-refractivity contribution >= 4 is 52.3 Å². The number of rotatable bonds is 5. The zero-order valence-corrected chi connectivity index (χ0v) is 18.6. The van der Waals surface area contributed by atoms with E-state index in [9.17, 15) is 0 Å². The lowest BCUT2D eigenvalue weighted by molar-refractivity contribution is 0.771. The molecule has 0 unspecified atom stereocenters. The van der Waals surface area contributed by atoms with Crippen LogP contribution in [-0.2, 0) is 13.1 Å². The van der Waals surface area contributed by atoms with Crippen LogP contribution in [0.3, 0.4) is 0 Å². The molecule has 0 amide bonds. The highest BCUT2D eigenvalue weighted by molar-refractivity contribution is 14.0. The molecule has 0 fully saturated rings. The standard InChI is InChI=1S/C18H24N6S.HI/c1-11(2)15-10-25-17(24-15)9-21-18(19-4)20-8-16-22-13-6-5-12(3)7-14(13)23-16;/h5-7,10-11H,8-9H2,1-4H3,(H,22,23)(H2,19,20,21);1H. The van der Waals surface area contributed by atoms with Gasteiger partial charge in [0, 0.05) is 12.4 Å². The molecule has 0 saturated heterocycles. The molecule has 6 nitrogen and oxygen atoms in total. The van der Waals surface area contributed by atoms with Crippen molar-refractivity contribution in [1.29, 1.82) is 0 Å². The van der Waals surface area contributed by atoms with Crippen LogP contribution < -0.4 is 10.6 Å². The van der Waals surface area contributed by atoms with E-state index in [2.05, 4.69) is 68.9 Å². The fourth-order valence-corrected chi connectivity index (χ4v) is 3.37. The molecule has 140 valence electrons. The van der Waals surface area contributed by atoms with Gasteiger partial charge in [0.15, 0.2) is 5.96 Å². The highest BCUT2D eigenvalue weighted by atomic mass is 127. The molecular weight excluding hydrogens is 459 g/mol. The number of aromatic amines is 1. The fraction of sp³-hybridized carbons (Fsp3) is 0.389. The molecule has 1 aromatic carbocycles. The van der Waals surface area contributed by atoms with E-state index >= 15 is 0 Å². The van der Waals surface area contributed by atoms with E-state index in [4.69, 9.17) is 0 Å². The van der Waals surface area contributed by atoms with Crippen LogP contribution in [0, 0.1) is 6.92 Å². The number of thiazole rings is 1. The number of imidazole rings is 1. The van der Waals surface area contributed by atoms with E-state index in [1.54, 1.807) is 18.4 Å². The first kappa shape index (κ1) is 20.6. The second kappa shape index (κ2) is 9.31. The molecule has 2 heterocycles. The largest absolute Gasteiger partial charge is 0.350 e. The summed E-state index contributed by atoms with van der Waals surface area (Å²) in [7, 11) is 1.76. The minimum Gasteiger partial charge on any atom is -0.350 e. The average molecular weight is 484 g/mol. The Kier molecular flexibility index (Phi) is 7.39. The monoisotopic (exact) mass is 484 g/mol. The van der Waals surface area contributed by atoms with E-state index in [0.29, 0.717) is 19.0 Å². The summed E-state index contributed by atoms with van der Waals surface area (Å²) >= 11 is 1.67. The summed E-state index contributed by atoms with van der Waals surface area (Å²) in [6, 6.07) is 6.21. The van der Waals surface area contributed by atoms with Gasteiger partial charge in [-0.05, 0) is 30.5 Å².